The summed E-state index contributed by atoms with van der Waals surface area (Å²) in [5.74, 6) is 0.945. The van der Waals surface area contributed by atoms with Crippen molar-refractivity contribution in [3.8, 4) is 0 Å². The van der Waals surface area contributed by atoms with Crippen LogP contribution < -0.4 is 10.6 Å². The molecule has 1 aromatic heterocycles. The van der Waals surface area contributed by atoms with Crippen LogP contribution in [-0.2, 0) is 22.6 Å². The zero-order valence-electron chi connectivity index (χ0n) is 20.7. The van der Waals surface area contributed by atoms with Gasteiger partial charge in [0.25, 0.3) is 0 Å². The first-order valence-electron chi connectivity index (χ1n) is 12.7. The Labute approximate surface area is 212 Å². The summed E-state index contributed by atoms with van der Waals surface area (Å²) < 4.78 is 13.1. The number of hydrogen-bond donors (Lipinski definition) is 2. The van der Waals surface area contributed by atoms with Crippen LogP contribution in [0.5, 0.6) is 0 Å². The molecule has 8 heteroatoms. The summed E-state index contributed by atoms with van der Waals surface area (Å²) in [6.45, 7) is 7.20. The van der Waals surface area contributed by atoms with Gasteiger partial charge in [-0.2, -0.15) is 0 Å². The Kier molecular flexibility index (Phi) is 7.89. The van der Waals surface area contributed by atoms with Crippen LogP contribution in [-0.4, -0.2) is 58.8 Å². The Balaban J connectivity index is 1.32. The quantitative estimate of drug-likeness (QED) is 0.523. The molecule has 0 aliphatic carbocycles. The van der Waals surface area contributed by atoms with Crippen molar-refractivity contribution in [2.24, 2.45) is 11.7 Å². The van der Waals surface area contributed by atoms with E-state index < -0.39 is 6.29 Å². The number of aliphatic hydroxyl groups excluding tert-OH is 1. The predicted molar refractivity (Wildman–Crippen MR) is 138 cm³/mol. The molecule has 5 rings (SSSR count). The van der Waals surface area contributed by atoms with Gasteiger partial charge in [-0.05, 0) is 22.8 Å². The molecule has 36 heavy (non-hydrogen) atoms. The van der Waals surface area contributed by atoms with Gasteiger partial charge >= 0.3 is 0 Å². The van der Waals surface area contributed by atoms with Gasteiger partial charge in [0.05, 0.1) is 18.8 Å². The van der Waals surface area contributed by atoms with E-state index in [1.807, 2.05) is 42.5 Å². The first-order valence-corrected chi connectivity index (χ1v) is 12.7. The number of nitrogens with zero attached hydrogens (tertiary/aromatic N) is 4. The maximum absolute atomic E-state index is 9.46. The Hall–Kier alpha value is -2.88. The Bertz CT molecular complexity index is 1090. The molecule has 4 atom stereocenters. The molecule has 2 aliphatic heterocycles. The Morgan fingerprint density at radius 1 is 0.889 bits per heavy atom. The second-order valence-electron chi connectivity index (χ2n) is 9.60. The van der Waals surface area contributed by atoms with Crippen molar-refractivity contribution < 1.29 is 14.6 Å². The molecule has 0 unspecified atom stereocenters. The van der Waals surface area contributed by atoms with E-state index in [1.165, 1.54) is 0 Å². The summed E-state index contributed by atoms with van der Waals surface area (Å²) >= 11 is 0. The molecule has 0 radical (unpaired) electrons. The number of hydrogen-bond acceptors (Lipinski definition) is 8. The Morgan fingerprint density at radius 2 is 1.53 bits per heavy atom. The van der Waals surface area contributed by atoms with Crippen molar-refractivity contribution in [3.63, 3.8) is 0 Å². The van der Waals surface area contributed by atoms with Gasteiger partial charge in [-0.3, -0.25) is 4.90 Å². The third-order valence-electron chi connectivity index (χ3n) is 7.26. The number of ether oxygens (including phenoxy) is 2. The summed E-state index contributed by atoms with van der Waals surface area (Å²) in [7, 11) is 0. The lowest BCUT2D eigenvalue weighted by molar-refractivity contribution is -0.276. The van der Waals surface area contributed by atoms with Gasteiger partial charge in [0, 0.05) is 63.1 Å². The zero-order valence-corrected chi connectivity index (χ0v) is 20.7. The maximum atomic E-state index is 9.46. The van der Waals surface area contributed by atoms with Crippen LogP contribution in [0.4, 0.5) is 5.95 Å². The number of aliphatic hydroxyl groups is 1. The highest BCUT2D eigenvalue weighted by Crippen LogP contribution is 2.42. The Morgan fingerprint density at radius 3 is 2.17 bits per heavy atom. The van der Waals surface area contributed by atoms with Crippen molar-refractivity contribution in [2.75, 3.05) is 37.6 Å². The van der Waals surface area contributed by atoms with Gasteiger partial charge < -0.3 is 25.2 Å². The van der Waals surface area contributed by atoms with Crippen LogP contribution in [0.1, 0.15) is 41.6 Å². The van der Waals surface area contributed by atoms with Crippen molar-refractivity contribution in [3.05, 3.63) is 89.2 Å². The van der Waals surface area contributed by atoms with Crippen LogP contribution in [0, 0.1) is 5.92 Å². The molecule has 2 aliphatic rings. The van der Waals surface area contributed by atoms with Crippen molar-refractivity contribution in [1.29, 1.82) is 0 Å². The minimum Gasteiger partial charge on any atom is -0.392 e. The minimum absolute atomic E-state index is 0.0000198. The molecule has 8 nitrogen and oxygen atoms in total. The number of aromatic nitrogens is 2. The van der Waals surface area contributed by atoms with Gasteiger partial charge in [-0.25, -0.2) is 9.97 Å². The van der Waals surface area contributed by atoms with Crippen LogP contribution in [0.25, 0.3) is 0 Å². The molecule has 0 amide bonds. The third-order valence-corrected chi connectivity index (χ3v) is 7.26. The van der Waals surface area contributed by atoms with Crippen molar-refractivity contribution >= 4 is 5.95 Å². The fraction of sp³-hybridized carbons (Fsp3) is 0.429. The summed E-state index contributed by atoms with van der Waals surface area (Å²) in [6, 6.07) is 18.0. The average Bonchev–Trinajstić information content (AvgIpc) is 2.95. The molecule has 3 heterocycles. The third kappa shape index (κ3) is 5.58. The summed E-state index contributed by atoms with van der Waals surface area (Å²) in [6.07, 6.45) is 3.01. The molecule has 2 fully saturated rings. The SMILES string of the molecule is C[C@@H]1[C@H](CN2CCN(c3ncccn3)CC2)O[C@H](c2ccc(CN)cc2)O[C@@H]1c1ccc(CO)cc1. The standard InChI is InChI=1S/C28H35N5O3/c1-20-25(18-32-13-15-33(16-14-32)28-30-11-2-12-31-28)35-27(24-9-3-21(17-29)4-10-24)36-26(20)23-7-5-22(19-34)6-8-23/h2-12,20,25-27,34H,13-19,29H2,1H3/t20-,25+,26+,27+/m1/s1. The first-order chi connectivity index (χ1) is 17.6. The van der Waals surface area contributed by atoms with E-state index in [0.717, 1.165) is 60.9 Å². The second kappa shape index (κ2) is 11.5. The molecule has 0 spiro atoms. The summed E-state index contributed by atoms with van der Waals surface area (Å²) in [5.41, 5.74) is 9.86. The van der Waals surface area contributed by atoms with E-state index in [1.54, 1.807) is 12.4 Å². The van der Waals surface area contributed by atoms with Gasteiger partial charge in [-0.1, -0.05) is 55.5 Å². The highest BCUT2D eigenvalue weighted by molar-refractivity contribution is 5.29. The van der Waals surface area contributed by atoms with Crippen LogP contribution in [0.3, 0.4) is 0 Å². The van der Waals surface area contributed by atoms with E-state index in [2.05, 4.69) is 38.8 Å². The monoisotopic (exact) mass is 489 g/mol. The zero-order chi connectivity index (χ0) is 24.9. The lowest BCUT2D eigenvalue weighted by atomic mass is 9.90. The highest BCUT2D eigenvalue weighted by Gasteiger charge is 2.39. The van der Waals surface area contributed by atoms with Crippen molar-refractivity contribution in [2.45, 2.75) is 38.6 Å². The van der Waals surface area contributed by atoms with Crippen LogP contribution in [0.15, 0.2) is 67.0 Å². The number of rotatable bonds is 7. The minimum atomic E-state index is -0.459. The molecular formula is C28H35N5O3. The number of benzene rings is 2. The molecule has 3 aromatic rings. The molecule has 2 aromatic carbocycles. The molecule has 190 valence electrons. The molecule has 3 N–H and O–H groups in total. The molecular weight excluding hydrogens is 454 g/mol. The fourth-order valence-corrected chi connectivity index (χ4v) is 4.98. The molecule has 2 saturated heterocycles. The van der Waals surface area contributed by atoms with Gasteiger partial charge in [0.1, 0.15) is 0 Å². The van der Waals surface area contributed by atoms with Crippen LogP contribution >= 0.6 is 0 Å². The average molecular weight is 490 g/mol. The van der Waals surface area contributed by atoms with E-state index in [9.17, 15) is 5.11 Å². The van der Waals surface area contributed by atoms with E-state index >= 15 is 0 Å². The predicted octanol–water partition coefficient (Wildman–Crippen LogP) is 3.04. The summed E-state index contributed by atoms with van der Waals surface area (Å²) in [4.78, 5) is 13.5. The second-order valence-corrected chi connectivity index (χ2v) is 9.60. The normalized spacial score (nSPS) is 25.1. The van der Waals surface area contributed by atoms with Gasteiger partial charge in [0.2, 0.25) is 5.95 Å². The molecule has 0 bridgehead atoms. The van der Waals surface area contributed by atoms with Crippen molar-refractivity contribution in [1.82, 2.24) is 14.9 Å². The largest absolute Gasteiger partial charge is 0.392 e. The van der Waals surface area contributed by atoms with Gasteiger partial charge in [0.15, 0.2) is 6.29 Å². The van der Waals surface area contributed by atoms with E-state index in [-0.39, 0.29) is 24.7 Å². The smallest absolute Gasteiger partial charge is 0.225 e. The fourth-order valence-electron chi connectivity index (χ4n) is 4.98. The lowest BCUT2D eigenvalue weighted by Gasteiger charge is -2.44. The number of anilines is 1. The lowest BCUT2D eigenvalue weighted by Crippen LogP contribution is -2.51. The number of piperazine rings is 1. The highest BCUT2D eigenvalue weighted by atomic mass is 16.7. The molecule has 0 saturated carbocycles. The topological polar surface area (TPSA) is 97.0 Å². The summed E-state index contributed by atoms with van der Waals surface area (Å²) in [5, 5.41) is 9.46. The van der Waals surface area contributed by atoms with Crippen LogP contribution in [0.2, 0.25) is 0 Å². The van der Waals surface area contributed by atoms with E-state index in [0.29, 0.717) is 6.54 Å². The maximum Gasteiger partial charge on any atom is 0.225 e. The van der Waals surface area contributed by atoms with E-state index in [4.69, 9.17) is 15.2 Å². The first kappa shape index (κ1) is 24.8. The number of nitrogens with two attached hydrogens (primary N) is 1. The van der Waals surface area contributed by atoms with Gasteiger partial charge in [-0.15, -0.1) is 0 Å².